The fourth-order valence-electron chi connectivity index (χ4n) is 1.35. The van der Waals surface area contributed by atoms with Crippen LogP contribution in [0, 0.1) is 0 Å². The van der Waals surface area contributed by atoms with Gasteiger partial charge in [0.15, 0.2) is 0 Å². The minimum absolute atomic E-state index is 0.275. The summed E-state index contributed by atoms with van der Waals surface area (Å²) in [6, 6.07) is 7.58. The predicted molar refractivity (Wildman–Crippen MR) is 62.1 cm³/mol. The lowest BCUT2D eigenvalue weighted by atomic mass is 10.0. The van der Waals surface area contributed by atoms with E-state index in [-0.39, 0.29) is 5.54 Å². The van der Waals surface area contributed by atoms with Gasteiger partial charge in [-0.05, 0) is 32.0 Å². The molecule has 15 heavy (non-hydrogen) atoms. The largest absolute Gasteiger partial charge is 0.355 e. The average Bonchev–Trinajstić information content (AvgIpc) is 2.46. The Kier molecular flexibility index (Phi) is 2.49. The van der Waals surface area contributed by atoms with Crippen LogP contribution >= 0.6 is 11.6 Å². The highest BCUT2D eigenvalue weighted by molar-refractivity contribution is 6.30. The van der Waals surface area contributed by atoms with Crippen molar-refractivity contribution in [1.82, 2.24) is 0 Å². The van der Waals surface area contributed by atoms with Crippen molar-refractivity contribution < 1.29 is 0 Å². The fourth-order valence-corrected chi connectivity index (χ4v) is 1.54. The Morgan fingerprint density at radius 2 is 2.13 bits per heavy atom. The van der Waals surface area contributed by atoms with Gasteiger partial charge in [-0.3, -0.25) is 0 Å². The van der Waals surface area contributed by atoms with Crippen molar-refractivity contribution in [1.29, 1.82) is 0 Å². The van der Waals surface area contributed by atoms with Gasteiger partial charge in [0.05, 0.1) is 11.9 Å². The molecular weight excluding hydrogens is 210 g/mol. The highest BCUT2D eigenvalue weighted by Gasteiger charge is 2.26. The molecule has 1 aromatic rings. The Labute approximate surface area is 93.9 Å². The predicted octanol–water partition coefficient (Wildman–Crippen LogP) is 3.84. The number of nitrogens with zero attached hydrogens (tertiary/aromatic N) is 2. The number of benzene rings is 1. The monoisotopic (exact) mass is 221 g/mol. The second kappa shape index (κ2) is 3.66. The van der Waals surface area contributed by atoms with Gasteiger partial charge in [0, 0.05) is 10.7 Å². The van der Waals surface area contributed by atoms with Crippen LogP contribution in [0.3, 0.4) is 0 Å². The van der Waals surface area contributed by atoms with Crippen molar-refractivity contribution >= 4 is 17.3 Å². The molecule has 1 aliphatic heterocycles. The summed E-state index contributed by atoms with van der Waals surface area (Å²) in [6.45, 7) is 4.01. The zero-order valence-electron chi connectivity index (χ0n) is 8.66. The SMILES string of the molecule is CC1(C)N=NC=C1Nc1cccc(Cl)c1. The molecule has 0 amide bonds. The molecule has 78 valence electrons. The number of anilines is 1. The summed E-state index contributed by atoms with van der Waals surface area (Å²) in [7, 11) is 0. The maximum Gasteiger partial charge on any atom is 0.118 e. The third kappa shape index (κ3) is 2.18. The van der Waals surface area contributed by atoms with Crippen molar-refractivity contribution in [3.8, 4) is 0 Å². The van der Waals surface area contributed by atoms with Gasteiger partial charge in [0.25, 0.3) is 0 Å². The second-order valence-electron chi connectivity index (χ2n) is 3.95. The maximum atomic E-state index is 5.90. The molecule has 0 fully saturated rings. The third-order valence-corrected chi connectivity index (χ3v) is 2.49. The fraction of sp³-hybridized carbons (Fsp3) is 0.273. The van der Waals surface area contributed by atoms with Gasteiger partial charge in [-0.1, -0.05) is 17.7 Å². The lowest BCUT2D eigenvalue weighted by Crippen LogP contribution is -2.22. The molecule has 0 atom stereocenters. The summed E-state index contributed by atoms with van der Waals surface area (Å²) in [5, 5.41) is 12.0. The first-order valence-corrected chi connectivity index (χ1v) is 5.11. The average molecular weight is 222 g/mol. The Morgan fingerprint density at radius 3 is 2.73 bits per heavy atom. The van der Waals surface area contributed by atoms with Gasteiger partial charge in [0.1, 0.15) is 5.54 Å². The molecule has 0 radical (unpaired) electrons. The smallest absolute Gasteiger partial charge is 0.118 e. The molecular formula is C11H12ClN3. The first-order valence-electron chi connectivity index (χ1n) is 4.73. The Bertz CT molecular complexity index is 435. The number of nitrogens with one attached hydrogen (secondary N) is 1. The Hall–Kier alpha value is -1.35. The summed E-state index contributed by atoms with van der Waals surface area (Å²) in [4.78, 5) is 0. The van der Waals surface area contributed by atoms with E-state index in [4.69, 9.17) is 11.6 Å². The first-order chi connectivity index (χ1) is 7.08. The van der Waals surface area contributed by atoms with Crippen LogP contribution in [0.25, 0.3) is 0 Å². The minimum atomic E-state index is -0.275. The number of hydrogen-bond acceptors (Lipinski definition) is 3. The van der Waals surface area contributed by atoms with E-state index < -0.39 is 0 Å². The lowest BCUT2D eigenvalue weighted by molar-refractivity contribution is 0.612. The minimum Gasteiger partial charge on any atom is -0.355 e. The summed E-state index contributed by atoms with van der Waals surface area (Å²) in [6.07, 6.45) is 1.74. The van der Waals surface area contributed by atoms with Crippen LogP contribution < -0.4 is 5.32 Å². The van der Waals surface area contributed by atoms with Gasteiger partial charge >= 0.3 is 0 Å². The molecule has 1 aromatic carbocycles. The molecule has 3 nitrogen and oxygen atoms in total. The zero-order chi connectivity index (χ0) is 10.9. The first kappa shape index (κ1) is 10.2. The zero-order valence-corrected chi connectivity index (χ0v) is 9.42. The Morgan fingerprint density at radius 1 is 1.33 bits per heavy atom. The van der Waals surface area contributed by atoms with E-state index in [1.54, 1.807) is 6.20 Å². The number of rotatable bonds is 2. The second-order valence-corrected chi connectivity index (χ2v) is 4.39. The summed E-state index contributed by atoms with van der Waals surface area (Å²) < 4.78 is 0. The molecule has 1 N–H and O–H groups in total. The van der Waals surface area contributed by atoms with E-state index in [1.807, 2.05) is 38.1 Å². The number of azo groups is 1. The summed E-state index contributed by atoms with van der Waals surface area (Å²) >= 11 is 5.90. The van der Waals surface area contributed by atoms with Crippen LogP contribution in [0.4, 0.5) is 5.69 Å². The van der Waals surface area contributed by atoms with E-state index in [1.165, 1.54) is 0 Å². The van der Waals surface area contributed by atoms with E-state index in [0.29, 0.717) is 5.02 Å². The van der Waals surface area contributed by atoms with Gasteiger partial charge in [-0.25, -0.2) is 0 Å². The van der Waals surface area contributed by atoms with Crippen molar-refractivity contribution in [2.75, 3.05) is 5.32 Å². The van der Waals surface area contributed by atoms with Crippen LogP contribution in [0.15, 0.2) is 46.4 Å². The van der Waals surface area contributed by atoms with Gasteiger partial charge in [-0.15, -0.1) is 0 Å². The molecule has 0 unspecified atom stereocenters. The molecule has 0 aliphatic carbocycles. The van der Waals surface area contributed by atoms with Crippen LogP contribution in [0.5, 0.6) is 0 Å². The summed E-state index contributed by atoms with van der Waals surface area (Å²) in [5.41, 5.74) is 1.65. The van der Waals surface area contributed by atoms with Gasteiger partial charge in [0.2, 0.25) is 0 Å². The van der Waals surface area contributed by atoms with Crippen molar-refractivity contribution in [2.24, 2.45) is 10.2 Å². The molecule has 0 saturated carbocycles. The van der Waals surface area contributed by atoms with E-state index in [0.717, 1.165) is 11.4 Å². The van der Waals surface area contributed by atoms with E-state index >= 15 is 0 Å². The van der Waals surface area contributed by atoms with Crippen LogP contribution in [-0.2, 0) is 0 Å². The van der Waals surface area contributed by atoms with E-state index in [2.05, 4.69) is 15.5 Å². The number of halogens is 1. The van der Waals surface area contributed by atoms with Crippen LogP contribution in [0.1, 0.15) is 13.8 Å². The molecule has 0 spiro atoms. The number of hydrogen-bond donors (Lipinski definition) is 1. The topological polar surface area (TPSA) is 36.8 Å². The molecule has 2 rings (SSSR count). The molecule has 4 heteroatoms. The quantitative estimate of drug-likeness (QED) is 0.810. The Balaban J connectivity index is 2.17. The highest BCUT2D eigenvalue weighted by Crippen LogP contribution is 2.28. The molecule has 0 saturated heterocycles. The molecule has 0 bridgehead atoms. The highest BCUT2D eigenvalue weighted by atomic mass is 35.5. The lowest BCUT2D eigenvalue weighted by Gasteiger charge is -2.19. The third-order valence-electron chi connectivity index (χ3n) is 2.26. The van der Waals surface area contributed by atoms with Crippen molar-refractivity contribution in [2.45, 2.75) is 19.4 Å². The van der Waals surface area contributed by atoms with Crippen molar-refractivity contribution in [3.05, 3.63) is 41.2 Å². The molecule has 0 aromatic heterocycles. The molecule has 1 heterocycles. The van der Waals surface area contributed by atoms with Crippen LogP contribution in [-0.4, -0.2) is 5.54 Å². The van der Waals surface area contributed by atoms with Crippen molar-refractivity contribution in [3.63, 3.8) is 0 Å². The van der Waals surface area contributed by atoms with Gasteiger partial charge in [-0.2, -0.15) is 10.2 Å². The van der Waals surface area contributed by atoms with E-state index in [9.17, 15) is 0 Å². The summed E-state index contributed by atoms with van der Waals surface area (Å²) in [5.74, 6) is 0. The van der Waals surface area contributed by atoms with Gasteiger partial charge < -0.3 is 5.32 Å². The molecule has 1 aliphatic rings. The maximum absolute atomic E-state index is 5.90. The van der Waals surface area contributed by atoms with Crippen LogP contribution in [0.2, 0.25) is 5.02 Å². The normalized spacial score (nSPS) is 17.7. The standard InChI is InChI=1S/C11H12ClN3/c1-11(2)10(7-13-15-11)14-9-5-3-4-8(12)6-9/h3-7,14H,1-2H3.